The zero-order valence-corrected chi connectivity index (χ0v) is 11.1. The summed E-state index contributed by atoms with van der Waals surface area (Å²) in [6.07, 6.45) is 0. The van der Waals surface area contributed by atoms with Crippen molar-refractivity contribution in [2.45, 2.75) is 26.2 Å². The van der Waals surface area contributed by atoms with Crippen molar-refractivity contribution in [1.29, 1.82) is 0 Å². The number of hydrogen-bond acceptors (Lipinski definition) is 1. The second kappa shape index (κ2) is 3.81. The standard InChI is InChI=1S/C17H17N/c1-12-17(2,3)15-10-9-14(11-16(15)18-12)13-7-5-4-6-8-13/h4-11H,1-3H3. The van der Waals surface area contributed by atoms with Gasteiger partial charge in [-0.15, -0.1) is 0 Å². The Kier molecular flexibility index (Phi) is 2.37. The van der Waals surface area contributed by atoms with Gasteiger partial charge >= 0.3 is 0 Å². The molecule has 2 aromatic rings. The Balaban J connectivity index is 2.12. The third kappa shape index (κ3) is 1.59. The lowest BCUT2D eigenvalue weighted by Crippen LogP contribution is -2.22. The molecular formula is C17H17N. The summed E-state index contributed by atoms with van der Waals surface area (Å²) >= 11 is 0. The molecule has 90 valence electrons. The number of rotatable bonds is 1. The summed E-state index contributed by atoms with van der Waals surface area (Å²) in [6.45, 7) is 6.59. The lowest BCUT2D eigenvalue weighted by Gasteiger charge is -2.19. The normalized spacial score (nSPS) is 16.3. The first-order valence-corrected chi connectivity index (χ1v) is 6.35. The minimum atomic E-state index is 0.0740. The van der Waals surface area contributed by atoms with Crippen LogP contribution in [0.2, 0.25) is 0 Å². The van der Waals surface area contributed by atoms with Crippen LogP contribution in [0, 0.1) is 0 Å². The molecule has 18 heavy (non-hydrogen) atoms. The third-order valence-corrected chi connectivity index (χ3v) is 3.97. The molecule has 1 aliphatic rings. The van der Waals surface area contributed by atoms with E-state index in [1.54, 1.807) is 0 Å². The van der Waals surface area contributed by atoms with Crippen LogP contribution in [-0.2, 0) is 5.41 Å². The van der Waals surface area contributed by atoms with E-state index in [0.717, 1.165) is 5.69 Å². The summed E-state index contributed by atoms with van der Waals surface area (Å²) in [4.78, 5) is 4.71. The zero-order chi connectivity index (χ0) is 12.8. The molecule has 0 fully saturated rings. The minimum absolute atomic E-state index is 0.0740. The Labute approximate surface area is 108 Å². The van der Waals surface area contributed by atoms with Crippen LogP contribution >= 0.6 is 0 Å². The Bertz CT molecular complexity index is 621. The number of benzene rings is 2. The maximum Gasteiger partial charge on any atom is 0.0676 e. The maximum absolute atomic E-state index is 4.71. The van der Waals surface area contributed by atoms with Crippen LogP contribution in [0.1, 0.15) is 26.3 Å². The molecular weight excluding hydrogens is 218 g/mol. The molecule has 1 heterocycles. The molecule has 1 aliphatic heterocycles. The summed E-state index contributed by atoms with van der Waals surface area (Å²) in [5.41, 5.74) is 6.22. The van der Waals surface area contributed by atoms with Gasteiger partial charge in [0.05, 0.1) is 5.69 Å². The molecule has 0 bridgehead atoms. The van der Waals surface area contributed by atoms with Crippen molar-refractivity contribution >= 4 is 11.4 Å². The maximum atomic E-state index is 4.71. The average molecular weight is 235 g/mol. The Morgan fingerprint density at radius 1 is 0.889 bits per heavy atom. The molecule has 0 aromatic heterocycles. The van der Waals surface area contributed by atoms with Gasteiger partial charge in [0.25, 0.3) is 0 Å². The van der Waals surface area contributed by atoms with Crippen LogP contribution in [0.3, 0.4) is 0 Å². The fourth-order valence-electron chi connectivity index (χ4n) is 2.48. The van der Waals surface area contributed by atoms with E-state index in [-0.39, 0.29) is 5.41 Å². The van der Waals surface area contributed by atoms with Gasteiger partial charge < -0.3 is 0 Å². The quantitative estimate of drug-likeness (QED) is 0.677. The summed E-state index contributed by atoms with van der Waals surface area (Å²) in [6, 6.07) is 17.1. The van der Waals surface area contributed by atoms with Crippen molar-refractivity contribution in [2.75, 3.05) is 0 Å². The van der Waals surface area contributed by atoms with Gasteiger partial charge in [-0.05, 0) is 29.7 Å². The molecule has 0 amide bonds. The van der Waals surface area contributed by atoms with Crippen molar-refractivity contribution in [2.24, 2.45) is 4.99 Å². The van der Waals surface area contributed by atoms with E-state index >= 15 is 0 Å². The van der Waals surface area contributed by atoms with Crippen molar-refractivity contribution in [3.05, 3.63) is 54.1 Å². The van der Waals surface area contributed by atoms with Crippen LogP contribution in [-0.4, -0.2) is 5.71 Å². The Morgan fingerprint density at radius 3 is 2.33 bits per heavy atom. The molecule has 2 aromatic carbocycles. The van der Waals surface area contributed by atoms with Gasteiger partial charge in [-0.1, -0.05) is 56.3 Å². The molecule has 0 aliphatic carbocycles. The van der Waals surface area contributed by atoms with Crippen molar-refractivity contribution in [3.63, 3.8) is 0 Å². The lowest BCUT2D eigenvalue weighted by molar-refractivity contribution is 0.733. The van der Waals surface area contributed by atoms with E-state index < -0.39 is 0 Å². The zero-order valence-electron chi connectivity index (χ0n) is 11.1. The van der Waals surface area contributed by atoms with E-state index in [0.29, 0.717) is 0 Å². The molecule has 1 heteroatoms. The number of fused-ring (bicyclic) bond motifs is 1. The molecule has 0 saturated carbocycles. The molecule has 0 radical (unpaired) electrons. The van der Waals surface area contributed by atoms with Gasteiger partial charge in [0.1, 0.15) is 0 Å². The molecule has 1 nitrogen and oxygen atoms in total. The Morgan fingerprint density at radius 2 is 1.61 bits per heavy atom. The average Bonchev–Trinajstić information content (AvgIpc) is 2.61. The third-order valence-electron chi connectivity index (χ3n) is 3.97. The SMILES string of the molecule is CC1=Nc2cc(-c3ccccc3)ccc2C1(C)C. The largest absolute Gasteiger partial charge is 0.257 e. The highest BCUT2D eigenvalue weighted by molar-refractivity contribution is 6.00. The van der Waals surface area contributed by atoms with Gasteiger partial charge in [-0.2, -0.15) is 0 Å². The van der Waals surface area contributed by atoms with Crippen LogP contribution in [0.5, 0.6) is 0 Å². The fourth-order valence-corrected chi connectivity index (χ4v) is 2.48. The van der Waals surface area contributed by atoms with E-state index in [1.807, 2.05) is 6.07 Å². The smallest absolute Gasteiger partial charge is 0.0676 e. The second-order valence-corrected chi connectivity index (χ2v) is 5.42. The van der Waals surface area contributed by atoms with Gasteiger partial charge in [-0.25, -0.2) is 0 Å². The lowest BCUT2D eigenvalue weighted by atomic mass is 9.82. The summed E-state index contributed by atoms with van der Waals surface area (Å²) in [5.74, 6) is 0. The van der Waals surface area contributed by atoms with Crippen molar-refractivity contribution in [3.8, 4) is 11.1 Å². The van der Waals surface area contributed by atoms with E-state index in [4.69, 9.17) is 4.99 Å². The van der Waals surface area contributed by atoms with Crippen LogP contribution in [0.4, 0.5) is 5.69 Å². The number of nitrogens with zero attached hydrogens (tertiary/aromatic N) is 1. The fraction of sp³-hybridized carbons (Fsp3) is 0.235. The van der Waals surface area contributed by atoms with Crippen molar-refractivity contribution < 1.29 is 0 Å². The highest BCUT2D eigenvalue weighted by Crippen LogP contribution is 2.41. The molecule has 3 rings (SSSR count). The summed E-state index contributed by atoms with van der Waals surface area (Å²) in [7, 11) is 0. The van der Waals surface area contributed by atoms with Crippen molar-refractivity contribution in [1.82, 2.24) is 0 Å². The first-order chi connectivity index (χ1) is 8.59. The monoisotopic (exact) mass is 235 g/mol. The molecule has 0 spiro atoms. The highest BCUT2D eigenvalue weighted by atomic mass is 14.8. The van der Waals surface area contributed by atoms with Gasteiger partial charge in [-0.3, -0.25) is 4.99 Å². The molecule has 0 atom stereocenters. The predicted molar refractivity (Wildman–Crippen MR) is 77.7 cm³/mol. The minimum Gasteiger partial charge on any atom is -0.257 e. The van der Waals surface area contributed by atoms with E-state index in [1.165, 1.54) is 22.4 Å². The van der Waals surface area contributed by atoms with E-state index in [9.17, 15) is 0 Å². The first kappa shape index (κ1) is 11.2. The van der Waals surface area contributed by atoms with Crippen LogP contribution in [0.15, 0.2) is 53.5 Å². The van der Waals surface area contributed by atoms with Gasteiger partial charge in [0.2, 0.25) is 0 Å². The molecule has 0 saturated heterocycles. The van der Waals surface area contributed by atoms with Crippen LogP contribution < -0.4 is 0 Å². The Hall–Kier alpha value is -1.89. The van der Waals surface area contributed by atoms with Crippen LogP contribution in [0.25, 0.3) is 11.1 Å². The van der Waals surface area contributed by atoms with Gasteiger partial charge in [0.15, 0.2) is 0 Å². The van der Waals surface area contributed by atoms with Gasteiger partial charge in [0, 0.05) is 11.1 Å². The summed E-state index contributed by atoms with van der Waals surface area (Å²) in [5, 5.41) is 0. The number of hydrogen-bond donors (Lipinski definition) is 0. The molecule has 0 N–H and O–H groups in total. The summed E-state index contributed by atoms with van der Waals surface area (Å²) < 4.78 is 0. The first-order valence-electron chi connectivity index (χ1n) is 6.35. The topological polar surface area (TPSA) is 12.4 Å². The van der Waals surface area contributed by atoms with E-state index in [2.05, 4.69) is 63.2 Å². The molecule has 0 unspecified atom stereocenters. The highest BCUT2D eigenvalue weighted by Gasteiger charge is 2.31. The number of aliphatic imine (C=N–C) groups is 1. The second-order valence-electron chi connectivity index (χ2n) is 5.42. The predicted octanol–water partition coefficient (Wildman–Crippen LogP) is 4.74.